The lowest BCUT2D eigenvalue weighted by Gasteiger charge is -2.23. The highest BCUT2D eigenvalue weighted by Crippen LogP contribution is 2.36. The molecule has 5 nitrogen and oxygen atoms in total. The molecule has 0 aromatic carbocycles. The number of alkyl halides is 3. The van der Waals surface area contributed by atoms with Crippen LogP contribution in [0.2, 0.25) is 0 Å². The minimum Gasteiger partial charge on any atom is -0.381 e. The van der Waals surface area contributed by atoms with Gasteiger partial charge in [-0.3, -0.25) is 0 Å². The van der Waals surface area contributed by atoms with Gasteiger partial charge >= 0.3 is 6.18 Å². The number of hydrogen-bond donors (Lipinski definition) is 1. The fourth-order valence-corrected chi connectivity index (χ4v) is 1.68. The Morgan fingerprint density at radius 3 is 2.67 bits per heavy atom. The van der Waals surface area contributed by atoms with E-state index in [1.807, 2.05) is 0 Å². The Labute approximate surface area is 101 Å². The van der Waals surface area contributed by atoms with E-state index >= 15 is 0 Å². The van der Waals surface area contributed by atoms with Gasteiger partial charge in [-0.25, -0.2) is 0 Å². The normalized spacial score (nSPS) is 24.8. The van der Waals surface area contributed by atoms with E-state index in [1.54, 1.807) is 0 Å². The zero-order chi connectivity index (χ0) is 13.4. The zero-order valence-electron chi connectivity index (χ0n) is 9.83. The maximum atomic E-state index is 12.7. The predicted molar refractivity (Wildman–Crippen MR) is 54.7 cm³/mol. The second-order valence-electron chi connectivity index (χ2n) is 4.57. The maximum absolute atomic E-state index is 12.7. The van der Waals surface area contributed by atoms with Gasteiger partial charge in [0.15, 0.2) is 11.4 Å². The van der Waals surface area contributed by atoms with E-state index in [2.05, 4.69) is 14.7 Å². The van der Waals surface area contributed by atoms with Crippen molar-refractivity contribution in [2.24, 2.45) is 5.73 Å². The van der Waals surface area contributed by atoms with Crippen LogP contribution in [0.25, 0.3) is 0 Å². The van der Waals surface area contributed by atoms with Gasteiger partial charge in [0.05, 0.1) is 6.61 Å². The molecule has 2 heterocycles. The molecule has 2 unspecified atom stereocenters. The molecule has 0 aliphatic carbocycles. The van der Waals surface area contributed by atoms with Gasteiger partial charge in [0.25, 0.3) is 5.89 Å². The van der Waals surface area contributed by atoms with Crippen LogP contribution >= 0.6 is 0 Å². The van der Waals surface area contributed by atoms with Crippen molar-refractivity contribution in [1.82, 2.24) is 10.1 Å². The SMILES string of the molecule is CC(N)(c1nc(C2CCCOC2)no1)C(F)(F)F. The van der Waals surface area contributed by atoms with Crippen molar-refractivity contribution in [1.29, 1.82) is 0 Å². The highest BCUT2D eigenvalue weighted by Gasteiger charge is 2.53. The molecule has 0 amide bonds. The van der Waals surface area contributed by atoms with Gasteiger partial charge in [0, 0.05) is 12.5 Å². The van der Waals surface area contributed by atoms with Gasteiger partial charge in [0.2, 0.25) is 0 Å². The molecule has 0 radical (unpaired) electrons. The van der Waals surface area contributed by atoms with E-state index in [-0.39, 0.29) is 11.7 Å². The van der Waals surface area contributed by atoms with Crippen LogP contribution in [0.5, 0.6) is 0 Å². The Morgan fingerprint density at radius 1 is 1.39 bits per heavy atom. The monoisotopic (exact) mass is 265 g/mol. The largest absolute Gasteiger partial charge is 0.415 e. The molecule has 1 aromatic heterocycles. The summed E-state index contributed by atoms with van der Waals surface area (Å²) in [5.41, 5.74) is 2.57. The number of halogens is 3. The number of nitrogens with zero attached hydrogens (tertiary/aromatic N) is 2. The minimum absolute atomic E-state index is 0.125. The number of hydrogen-bond acceptors (Lipinski definition) is 5. The first-order valence-corrected chi connectivity index (χ1v) is 5.60. The van der Waals surface area contributed by atoms with Gasteiger partial charge < -0.3 is 15.0 Å². The lowest BCUT2D eigenvalue weighted by molar-refractivity contribution is -0.190. The van der Waals surface area contributed by atoms with E-state index < -0.39 is 17.6 Å². The van der Waals surface area contributed by atoms with E-state index in [9.17, 15) is 13.2 Å². The van der Waals surface area contributed by atoms with Crippen LogP contribution in [0.3, 0.4) is 0 Å². The average Bonchev–Trinajstić information content (AvgIpc) is 2.78. The van der Waals surface area contributed by atoms with Crippen LogP contribution < -0.4 is 5.73 Å². The number of aromatic nitrogens is 2. The standard InChI is InChI=1S/C10H14F3N3O2/c1-9(14,10(11,12)13)8-15-7(16-18-8)6-3-2-4-17-5-6/h6H,2-5,14H2,1H3. The molecule has 0 spiro atoms. The Morgan fingerprint density at radius 2 is 2.11 bits per heavy atom. The topological polar surface area (TPSA) is 74.2 Å². The summed E-state index contributed by atoms with van der Waals surface area (Å²) in [4.78, 5) is 3.77. The third kappa shape index (κ3) is 2.35. The molecule has 2 rings (SSSR count). The minimum atomic E-state index is -4.64. The Bertz CT molecular complexity index is 411. The summed E-state index contributed by atoms with van der Waals surface area (Å²) in [5, 5.41) is 3.57. The van der Waals surface area contributed by atoms with Crippen molar-refractivity contribution < 1.29 is 22.4 Å². The van der Waals surface area contributed by atoms with Gasteiger partial charge in [-0.15, -0.1) is 0 Å². The Balaban J connectivity index is 2.19. The van der Waals surface area contributed by atoms with Crippen molar-refractivity contribution in [3.8, 4) is 0 Å². The van der Waals surface area contributed by atoms with Crippen LogP contribution in [-0.4, -0.2) is 29.5 Å². The zero-order valence-corrected chi connectivity index (χ0v) is 9.83. The molecular weight excluding hydrogens is 251 g/mol. The second kappa shape index (κ2) is 4.51. The number of rotatable bonds is 2. The first-order chi connectivity index (χ1) is 8.32. The van der Waals surface area contributed by atoms with Crippen molar-refractivity contribution >= 4 is 0 Å². The first kappa shape index (κ1) is 13.3. The Kier molecular flexibility index (Phi) is 3.33. The van der Waals surface area contributed by atoms with Crippen molar-refractivity contribution in [3.05, 3.63) is 11.7 Å². The third-order valence-electron chi connectivity index (χ3n) is 3.00. The molecule has 1 aromatic rings. The molecule has 18 heavy (non-hydrogen) atoms. The van der Waals surface area contributed by atoms with Crippen LogP contribution in [0.1, 0.15) is 37.4 Å². The first-order valence-electron chi connectivity index (χ1n) is 5.60. The van der Waals surface area contributed by atoms with E-state index in [0.717, 1.165) is 19.8 Å². The summed E-state index contributed by atoms with van der Waals surface area (Å²) in [6, 6.07) is 0. The van der Waals surface area contributed by atoms with Crippen LogP contribution in [-0.2, 0) is 10.3 Å². The Hall–Kier alpha value is -1.15. The summed E-state index contributed by atoms with van der Waals surface area (Å²) < 4.78 is 48.0. The summed E-state index contributed by atoms with van der Waals surface area (Å²) in [7, 11) is 0. The van der Waals surface area contributed by atoms with Gasteiger partial charge in [-0.05, 0) is 19.8 Å². The maximum Gasteiger partial charge on any atom is 0.415 e. The lowest BCUT2D eigenvalue weighted by Crippen LogP contribution is -2.48. The van der Waals surface area contributed by atoms with Crippen LogP contribution in [0.4, 0.5) is 13.2 Å². The molecule has 1 aliphatic rings. The second-order valence-corrected chi connectivity index (χ2v) is 4.57. The molecule has 8 heteroatoms. The van der Waals surface area contributed by atoms with E-state index in [4.69, 9.17) is 10.5 Å². The molecule has 0 saturated carbocycles. The molecule has 2 N–H and O–H groups in total. The number of ether oxygens (including phenoxy) is 1. The summed E-state index contributed by atoms with van der Waals surface area (Å²) in [6.45, 7) is 1.85. The number of nitrogens with two attached hydrogens (primary N) is 1. The highest BCUT2D eigenvalue weighted by molar-refractivity contribution is 5.06. The molecule has 1 fully saturated rings. The molecular formula is C10H14F3N3O2. The predicted octanol–water partition coefficient (Wildman–Crippen LogP) is 1.70. The highest BCUT2D eigenvalue weighted by atomic mass is 19.4. The summed E-state index contributed by atoms with van der Waals surface area (Å²) >= 11 is 0. The lowest BCUT2D eigenvalue weighted by atomic mass is 10.0. The van der Waals surface area contributed by atoms with Crippen molar-refractivity contribution in [3.63, 3.8) is 0 Å². The van der Waals surface area contributed by atoms with E-state index in [1.165, 1.54) is 0 Å². The fraction of sp³-hybridized carbons (Fsp3) is 0.800. The van der Waals surface area contributed by atoms with E-state index in [0.29, 0.717) is 13.2 Å². The third-order valence-corrected chi connectivity index (χ3v) is 3.00. The van der Waals surface area contributed by atoms with Gasteiger partial charge in [-0.1, -0.05) is 5.16 Å². The summed E-state index contributed by atoms with van der Waals surface area (Å²) in [6.07, 6.45) is -3.04. The summed E-state index contributed by atoms with van der Waals surface area (Å²) in [5.74, 6) is -0.513. The molecule has 1 aliphatic heterocycles. The molecule has 2 atom stereocenters. The molecule has 102 valence electrons. The van der Waals surface area contributed by atoms with Crippen molar-refractivity contribution in [2.75, 3.05) is 13.2 Å². The quantitative estimate of drug-likeness (QED) is 0.881. The fourth-order valence-electron chi connectivity index (χ4n) is 1.68. The molecule has 0 bridgehead atoms. The molecule has 1 saturated heterocycles. The van der Waals surface area contributed by atoms with Gasteiger partial charge in [0.1, 0.15) is 0 Å². The van der Waals surface area contributed by atoms with Gasteiger partial charge in [-0.2, -0.15) is 18.2 Å². The average molecular weight is 265 g/mol. The van der Waals surface area contributed by atoms with Crippen LogP contribution in [0, 0.1) is 0 Å². The van der Waals surface area contributed by atoms with Crippen LogP contribution in [0.15, 0.2) is 4.52 Å². The van der Waals surface area contributed by atoms with Crippen molar-refractivity contribution in [2.45, 2.75) is 37.4 Å². The smallest absolute Gasteiger partial charge is 0.381 e.